The third-order valence-electron chi connectivity index (χ3n) is 1.64. The molecule has 1 amide bonds. The van der Waals surface area contributed by atoms with Gasteiger partial charge in [0.05, 0.1) is 6.10 Å². The molecule has 0 aliphatic rings. The zero-order valence-corrected chi connectivity index (χ0v) is 10.6. The lowest BCUT2D eigenvalue weighted by atomic mass is 10.4. The molecule has 3 N–H and O–H groups in total. The number of ether oxygens (including phenoxy) is 1. The zero-order valence-electron chi connectivity index (χ0n) is 9.76. The minimum Gasteiger partial charge on any atom is -0.446 e. The van der Waals surface area contributed by atoms with Gasteiger partial charge in [0.2, 0.25) is 0 Å². The van der Waals surface area contributed by atoms with Crippen molar-refractivity contribution in [2.45, 2.75) is 26.4 Å². The van der Waals surface area contributed by atoms with E-state index >= 15 is 0 Å². The van der Waals surface area contributed by atoms with Crippen LogP contribution in [-0.4, -0.2) is 45.1 Å². The van der Waals surface area contributed by atoms with Crippen LogP contribution in [0.4, 0.5) is 4.79 Å². The molecule has 0 unspecified atom stereocenters. The number of amides is 1. The SMILES string of the molecule is CC(C)OC(=O)NS(=O)(=O)N(C)CCCN. The second-order valence-electron chi connectivity index (χ2n) is 3.52. The molecule has 0 aliphatic heterocycles. The van der Waals surface area contributed by atoms with Gasteiger partial charge in [-0.25, -0.2) is 9.52 Å². The standard InChI is InChI=1S/C8H19N3O4S/c1-7(2)15-8(12)10-16(13,14)11(3)6-4-5-9/h7H,4-6,9H2,1-3H3,(H,10,12). The van der Waals surface area contributed by atoms with Crippen molar-refractivity contribution >= 4 is 16.3 Å². The van der Waals surface area contributed by atoms with E-state index in [-0.39, 0.29) is 12.6 Å². The van der Waals surface area contributed by atoms with E-state index in [9.17, 15) is 13.2 Å². The van der Waals surface area contributed by atoms with Crippen LogP contribution in [0.1, 0.15) is 20.3 Å². The number of carbonyl (C=O) groups excluding carboxylic acids is 1. The second kappa shape index (κ2) is 6.66. The maximum absolute atomic E-state index is 11.5. The highest BCUT2D eigenvalue weighted by Gasteiger charge is 2.21. The van der Waals surface area contributed by atoms with Crippen LogP contribution in [-0.2, 0) is 14.9 Å². The van der Waals surface area contributed by atoms with E-state index in [1.54, 1.807) is 18.6 Å². The number of hydrogen-bond donors (Lipinski definition) is 2. The molecule has 7 nitrogen and oxygen atoms in total. The van der Waals surface area contributed by atoms with Gasteiger partial charge in [-0.1, -0.05) is 0 Å². The summed E-state index contributed by atoms with van der Waals surface area (Å²) in [6.45, 7) is 3.89. The van der Waals surface area contributed by atoms with Crippen LogP contribution in [0.15, 0.2) is 0 Å². The minimum atomic E-state index is -3.82. The van der Waals surface area contributed by atoms with Crippen molar-refractivity contribution in [2.75, 3.05) is 20.1 Å². The van der Waals surface area contributed by atoms with Crippen LogP contribution >= 0.6 is 0 Å². The van der Waals surface area contributed by atoms with Gasteiger partial charge in [-0.3, -0.25) is 0 Å². The summed E-state index contributed by atoms with van der Waals surface area (Å²) < 4.78 is 30.5. The molecule has 16 heavy (non-hydrogen) atoms. The molecule has 0 rings (SSSR count). The van der Waals surface area contributed by atoms with Crippen LogP contribution in [0.3, 0.4) is 0 Å². The molecule has 0 aromatic carbocycles. The smallest absolute Gasteiger partial charge is 0.422 e. The van der Waals surface area contributed by atoms with Crippen molar-refractivity contribution < 1.29 is 17.9 Å². The lowest BCUT2D eigenvalue weighted by Crippen LogP contribution is -2.42. The molecule has 96 valence electrons. The highest BCUT2D eigenvalue weighted by atomic mass is 32.2. The largest absolute Gasteiger partial charge is 0.446 e. The number of nitrogens with zero attached hydrogens (tertiary/aromatic N) is 1. The fourth-order valence-corrected chi connectivity index (χ4v) is 1.64. The van der Waals surface area contributed by atoms with E-state index < -0.39 is 16.3 Å². The molecule has 0 fully saturated rings. The Hall–Kier alpha value is -0.860. The summed E-state index contributed by atoms with van der Waals surface area (Å²) in [5.74, 6) is 0. The molecule has 0 aliphatic carbocycles. The number of carbonyl (C=O) groups is 1. The first-order valence-electron chi connectivity index (χ1n) is 4.94. The molecule has 0 atom stereocenters. The van der Waals surface area contributed by atoms with Crippen LogP contribution in [0.5, 0.6) is 0 Å². The lowest BCUT2D eigenvalue weighted by Gasteiger charge is -2.17. The molecule has 0 aromatic rings. The highest BCUT2D eigenvalue weighted by Crippen LogP contribution is 1.97. The van der Waals surface area contributed by atoms with Gasteiger partial charge < -0.3 is 10.5 Å². The summed E-state index contributed by atoms with van der Waals surface area (Å²) in [7, 11) is -2.46. The van der Waals surface area contributed by atoms with Gasteiger partial charge in [-0.05, 0) is 26.8 Å². The average Bonchev–Trinajstić information content (AvgIpc) is 2.11. The Morgan fingerprint density at radius 3 is 2.50 bits per heavy atom. The Bertz CT molecular complexity index is 315. The molecular weight excluding hydrogens is 234 g/mol. The van der Waals surface area contributed by atoms with Crippen molar-refractivity contribution in [2.24, 2.45) is 5.73 Å². The Kier molecular flexibility index (Phi) is 6.31. The summed E-state index contributed by atoms with van der Waals surface area (Å²) in [6.07, 6.45) is -0.824. The molecule has 0 heterocycles. The summed E-state index contributed by atoms with van der Waals surface area (Å²) in [4.78, 5) is 11.1. The first-order valence-corrected chi connectivity index (χ1v) is 6.38. The number of nitrogens with two attached hydrogens (primary N) is 1. The van der Waals surface area contributed by atoms with Crippen LogP contribution in [0, 0.1) is 0 Å². The Morgan fingerprint density at radius 2 is 2.06 bits per heavy atom. The van der Waals surface area contributed by atoms with Gasteiger partial charge in [0, 0.05) is 13.6 Å². The van der Waals surface area contributed by atoms with E-state index in [0.717, 1.165) is 4.31 Å². The summed E-state index contributed by atoms with van der Waals surface area (Å²) >= 11 is 0. The van der Waals surface area contributed by atoms with Crippen LogP contribution < -0.4 is 10.5 Å². The maximum atomic E-state index is 11.5. The molecule has 0 bridgehead atoms. The van der Waals surface area contributed by atoms with Gasteiger partial charge in [0.15, 0.2) is 0 Å². The minimum absolute atomic E-state index is 0.251. The Labute approximate surface area is 96.1 Å². The van der Waals surface area contributed by atoms with Crippen LogP contribution in [0.2, 0.25) is 0 Å². The van der Waals surface area contributed by atoms with Gasteiger partial charge in [0.1, 0.15) is 0 Å². The molecule has 0 radical (unpaired) electrons. The van der Waals surface area contributed by atoms with E-state index in [2.05, 4.69) is 4.74 Å². The van der Waals surface area contributed by atoms with E-state index in [1.165, 1.54) is 7.05 Å². The summed E-state index contributed by atoms with van der Waals surface area (Å²) in [5, 5.41) is 0. The molecule has 0 spiro atoms. The van der Waals surface area contributed by atoms with Gasteiger partial charge in [-0.2, -0.15) is 12.7 Å². The number of rotatable bonds is 6. The molecule has 0 saturated carbocycles. The van der Waals surface area contributed by atoms with E-state index in [1.807, 2.05) is 0 Å². The topological polar surface area (TPSA) is 102 Å². The van der Waals surface area contributed by atoms with Crippen molar-refractivity contribution in [1.29, 1.82) is 0 Å². The Morgan fingerprint density at radius 1 is 1.50 bits per heavy atom. The summed E-state index contributed by atoms with van der Waals surface area (Å²) in [6, 6.07) is 0. The lowest BCUT2D eigenvalue weighted by molar-refractivity contribution is 0.121. The van der Waals surface area contributed by atoms with Crippen molar-refractivity contribution in [3.05, 3.63) is 0 Å². The predicted octanol–water partition coefficient (Wildman–Crippen LogP) is -0.354. The average molecular weight is 253 g/mol. The molecule has 0 saturated heterocycles. The van der Waals surface area contributed by atoms with Gasteiger partial charge in [-0.15, -0.1) is 0 Å². The van der Waals surface area contributed by atoms with Gasteiger partial charge in [0.25, 0.3) is 0 Å². The monoisotopic (exact) mass is 253 g/mol. The maximum Gasteiger partial charge on any atom is 0.422 e. The van der Waals surface area contributed by atoms with E-state index in [0.29, 0.717) is 13.0 Å². The summed E-state index contributed by atoms with van der Waals surface area (Å²) in [5.41, 5.74) is 5.25. The first-order chi connectivity index (χ1) is 7.29. The van der Waals surface area contributed by atoms with E-state index in [4.69, 9.17) is 5.73 Å². The molecule has 8 heteroatoms. The van der Waals surface area contributed by atoms with Crippen molar-refractivity contribution in [1.82, 2.24) is 9.03 Å². The van der Waals surface area contributed by atoms with Crippen molar-refractivity contribution in [3.8, 4) is 0 Å². The number of hydrogen-bond acceptors (Lipinski definition) is 5. The zero-order chi connectivity index (χ0) is 12.8. The Balaban J connectivity index is 4.28. The predicted molar refractivity (Wildman–Crippen MR) is 60.0 cm³/mol. The third kappa shape index (κ3) is 5.89. The number of nitrogens with one attached hydrogen (secondary N) is 1. The van der Waals surface area contributed by atoms with Gasteiger partial charge >= 0.3 is 16.3 Å². The molecular formula is C8H19N3O4S. The molecule has 0 aromatic heterocycles. The first kappa shape index (κ1) is 15.1. The fraction of sp³-hybridized carbons (Fsp3) is 0.875. The highest BCUT2D eigenvalue weighted by molar-refractivity contribution is 7.87. The fourth-order valence-electron chi connectivity index (χ4n) is 0.855. The van der Waals surface area contributed by atoms with Crippen LogP contribution in [0.25, 0.3) is 0 Å². The third-order valence-corrected chi connectivity index (χ3v) is 3.07. The second-order valence-corrected chi connectivity index (χ2v) is 5.30. The quantitative estimate of drug-likeness (QED) is 0.673. The normalized spacial score (nSPS) is 11.9. The van der Waals surface area contributed by atoms with Crippen molar-refractivity contribution in [3.63, 3.8) is 0 Å².